The molecule has 0 amide bonds. The Labute approximate surface area is 199 Å². The third-order valence-electron chi connectivity index (χ3n) is 5.46. The molecule has 0 atom stereocenters. The minimum absolute atomic E-state index is 0.363. The predicted octanol–water partition coefficient (Wildman–Crippen LogP) is 6.00. The number of benzene rings is 2. The topological polar surface area (TPSA) is 73.8 Å². The minimum atomic E-state index is -0.363. The molecule has 0 aliphatic rings. The van der Waals surface area contributed by atoms with Crippen LogP contribution in [0.15, 0.2) is 81.4 Å². The normalized spacial score (nSPS) is 11.2. The van der Waals surface area contributed by atoms with Crippen LogP contribution in [0, 0.1) is 13.8 Å². The summed E-state index contributed by atoms with van der Waals surface area (Å²) in [5, 5.41) is 11.2. The van der Waals surface area contributed by atoms with E-state index in [0.717, 1.165) is 33.3 Å². The second kappa shape index (κ2) is 8.84. The highest BCUT2D eigenvalue weighted by Crippen LogP contribution is 2.32. The lowest BCUT2D eigenvalue weighted by Gasteiger charge is -2.11. The van der Waals surface area contributed by atoms with Gasteiger partial charge < -0.3 is 4.42 Å². The van der Waals surface area contributed by atoms with Crippen LogP contribution in [0.4, 0.5) is 0 Å². The number of aryl methyl sites for hydroxylation is 2. The molecule has 0 saturated carbocycles. The molecule has 0 bridgehead atoms. The fourth-order valence-corrected chi connectivity index (χ4v) is 4.69. The number of hydrogen-bond acceptors (Lipinski definition) is 6. The molecule has 0 fully saturated rings. The third-order valence-corrected chi connectivity index (χ3v) is 6.69. The average molecular weight is 475 g/mol. The largest absolute Gasteiger partial charge is 0.423 e. The summed E-state index contributed by atoms with van der Waals surface area (Å²) in [7, 11) is 0. The SMILES string of the molecule is Cc1cc2oc(=O)cc(CSc3nnc(-c4ccncc4)n3-c3ccc(Cl)cc3)c2cc1C. The Morgan fingerprint density at radius 1 is 0.970 bits per heavy atom. The molecule has 3 heterocycles. The van der Waals surface area contributed by atoms with E-state index in [-0.39, 0.29) is 5.63 Å². The first-order chi connectivity index (χ1) is 16.0. The number of halogens is 1. The molecule has 0 saturated heterocycles. The van der Waals surface area contributed by atoms with Gasteiger partial charge in [-0.25, -0.2) is 4.79 Å². The van der Waals surface area contributed by atoms with Crippen molar-refractivity contribution in [3.63, 3.8) is 0 Å². The Bertz CT molecular complexity index is 1510. The molecular weight excluding hydrogens is 456 g/mol. The standard InChI is InChI=1S/C25H19ClN4O2S/c1-15-11-21-18(13-23(31)32-22(21)12-16(15)2)14-33-25-29-28-24(17-7-9-27-10-8-17)30(25)20-5-3-19(26)4-6-20/h3-13H,14H2,1-2H3. The number of aromatic nitrogens is 4. The molecule has 0 radical (unpaired) electrons. The Morgan fingerprint density at radius 3 is 2.45 bits per heavy atom. The van der Waals surface area contributed by atoms with Gasteiger partial charge in [0.1, 0.15) is 5.58 Å². The van der Waals surface area contributed by atoms with E-state index in [1.54, 1.807) is 18.5 Å². The summed E-state index contributed by atoms with van der Waals surface area (Å²) in [6, 6.07) is 16.9. The van der Waals surface area contributed by atoms with Crippen LogP contribution in [0.1, 0.15) is 16.7 Å². The average Bonchev–Trinajstić information content (AvgIpc) is 3.24. The monoisotopic (exact) mass is 474 g/mol. The first kappa shape index (κ1) is 21.4. The van der Waals surface area contributed by atoms with Gasteiger partial charge >= 0.3 is 5.63 Å². The number of thioether (sulfide) groups is 1. The quantitative estimate of drug-likeness (QED) is 0.230. The van der Waals surface area contributed by atoms with Crippen molar-refractivity contribution in [3.8, 4) is 17.1 Å². The highest BCUT2D eigenvalue weighted by molar-refractivity contribution is 7.98. The van der Waals surface area contributed by atoms with E-state index >= 15 is 0 Å². The van der Waals surface area contributed by atoms with E-state index in [4.69, 9.17) is 16.0 Å². The Morgan fingerprint density at radius 2 is 1.70 bits per heavy atom. The van der Waals surface area contributed by atoms with Crippen LogP contribution in [0.25, 0.3) is 28.0 Å². The van der Waals surface area contributed by atoms with E-state index in [9.17, 15) is 4.79 Å². The van der Waals surface area contributed by atoms with Crippen molar-refractivity contribution in [1.29, 1.82) is 0 Å². The summed E-state index contributed by atoms with van der Waals surface area (Å²) in [4.78, 5) is 16.3. The van der Waals surface area contributed by atoms with E-state index in [1.807, 2.05) is 54.0 Å². The lowest BCUT2D eigenvalue weighted by Crippen LogP contribution is -2.02. The van der Waals surface area contributed by atoms with Crippen molar-refractivity contribution < 1.29 is 4.42 Å². The molecule has 2 aromatic carbocycles. The molecule has 0 aliphatic heterocycles. The van der Waals surface area contributed by atoms with Crippen LogP contribution < -0.4 is 5.63 Å². The van der Waals surface area contributed by atoms with E-state index in [2.05, 4.69) is 28.2 Å². The van der Waals surface area contributed by atoms with Crippen molar-refractivity contribution in [2.24, 2.45) is 0 Å². The van der Waals surface area contributed by atoms with Gasteiger partial charge in [-0.05, 0) is 79.1 Å². The summed E-state index contributed by atoms with van der Waals surface area (Å²) < 4.78 is 7.43. The van der Waals surface area contributed by atoms with Crippen LogP contribution in [-0.2, 0) is 5.75 Å². The number of nitrogens with zero attached hydrogens (tertiary/aromatic N) is 4. The van der Waals surface area contributed by atoms with Crippen molar-refractivity contribution in [1.82, 2.24) is 19.7 Å². The molecule has 33 heavy (non-hydrogen) atoms. The second-order valence-corrected chi connectivity index (χ2v) is 9.04. The first-order valence-electron chi connectivity index (χ1n) is 10.3. The predicted molar refractivity (Wildman–Crippen MR) is 131 cm³/mol. The van der Waals surface area contributed by atoms with Crippen LogP contribution in [-0.4, -0.2) is 19.7 Å². The molecule has 0 aliphatic carbocycles. The van der Waals surface area contributed by atoms with Gasteiger partial charge in [0.15, 0.2) is 11.0 Å². The molecule has 0 unspecified atom stereocenters. The fraction of sp³-hybridized carbons (Fsp3) is 0.120. The molecule has 6 nitrogen and oxygen atoms in total. The van der Waals surface area contributed by atoms with Gasteiger partial charge in [-0.3, -0.25) is 9.55 Å². The molecule has 0 N–H and O–H groups in total. The summed E-state index contributed by atoms with van der Waals surface area (Å²) in [5.74, 6) is 1.23. The highest BCUT2D eigenvalue weighted by atomic mass is 35.5. The van der Waals surface area contributed by atoms with Crippen molar-refractivity contribution in [2.75, 3.05) is 0 Å². The lowest BCUT2D eigenvalue weighted by molar-refractivity contribution is 0.559. The van der Waals surface area contributed by atoms with Gasteiger partial charge in [0.2, 0.25) is 0 Å². The van der Waals surface area contributed by atoms with E-state index in [1.165, 1.54) is 11.8 Å². The second-order valence-electron chi connectivity index (χ2n) is 7.67. The smallest absolute Gasteiger partial charge is 0.336 e. The molecule has 5 aromatic rings. The van der Waals surface area contributed by atoms with Gasteiger partial charge in [0.25, 0.3) is 0 Å². The van der Waals surface area contributed by atoms with Gasteiger partial charge in [0.05, 0.1) is 0 Å². The van der Waals surface area contributed by atoms with Crippen LogP contribution in [0.3, 0.4) is 0 Å². The molecular formula is C25H19ClN4O2S. The maximum Gasteiger partial charge on any atom is 0.336 e. The summed E-state index contributed by atoms with van der Waals surface area (Å²) >= 11 is 7.62. The van der Waals surface area contributed by atoms with Crippen LogP contribution in [0.2, 0.25) is 5.02 Å². The van der Waals surface area contributed by atoms with Crippen LogP contribution >= 0.6 is 23.4 Å². The third kappa shape index (κ3) is 4.29. The first-order valence-corrected chi connectivity index (χ1v) is 11.6. The van der Waals surface area contributed by atoms with Gasteiger partial charge in [-0.15, -0.1) is 10.2 Å². The summed E-state index contributed by atoms with van der Waals surface area (Å²) in [5.41, 5.74) is 5.15. The molecule has 164 valence electrons. The van der Waals surface area contributed by atoms with E-state index < -0.39 is 0 Å². The zero-order valence-corrected chi connectivity index (χ0v) is 19.5. The zero-order valence-electron chi connectivity index (χ0n) is 17.9. The van der Waals surface area contributed by atoms with E-state index in [0.29, 0.717) is 27.3 Å². The van der Waals surface area contributed by atoms with Crippen molar-refractivity contribution in [2.45, 2.75) is 24.8 Å². The Kier molecular flexibility index (Phi) is 5.74. The maximum absolute atomic E-state index is 12.2. The summed E-state index contributed by atoms with van der Waals surface area (Å²) in [6.45, 7) is 4.06. The number of hydrogen-bond donors (Lipinski definition) is 0. The molecule has 0 spiro atoms. The van der Waals surface area contributed by atoms with Crippen molar-refractivity contribution >= 4 is 34.3 Å². The summed E-state index contributed by atoms with van der Waals surface area (Å²) in [6.07, 6.45) is 3.45. The maximum atomic E-state index is 12.2. The lowest BCUT2D eigenvalue weighted by atomic mass is 10.0. The number of fused-ring (bicyclic) bond motifs is 1. The molecule has 5 rings (SSSR count). The van der Waals surface area contributed by atoms with Crippen LogP contribution in [0.5, 0.6) is 0 Å². The van der Waals surface area contributed by atoms with Gasteiger partial charge in [0, 0.05) is 45.9 Å². The fourth-order valence-electron chi connectivity index (χ4n) is 3.62. The Balaban J connectivity index is 1.57. The zero-order chi connectivity index (χ0) is 22.9. The molecule has 3 aromatic heterocycles. The number of pyridine rings is 1. The van der Waals surface area contributed by atoms with Gasteiger partial charge in [-0.1, -0.05) is 23.4 Å². The highest BCUT2D eigenvalue weighted by Gasteiger charge is 2.17. The van der Waals surface area contributed by atoms with Crippen molar-refractivity contribution in [3.05, 3.63) is 99.1 Å². The minimum Gasteiger partial charge on any atom is -0.423 e. The Hall–Kier alpha value is -3.42. The molecule has 8 heteroatoms. The number of rotatable bonds is 5. The van der Waals surface area contributed by atoms with Gasteiger partial charge in [-0.2, -0.15) is 0 Å².